The minimum absolute atomic E-state index is 0.129. The molecule has 1 nitrogen and oxygen atoms in total. The van der Waals surface area contributed by atoms with Gasteiger partial charge in [-0.15, -0.1) is 0 Å². The summed E-state index contributed by atoms with van der Waals surface area (Å²) in [7, 11) is 0. The Morgan fingerprint density at radius 2 is 0.962 bits per heavy atom. The van der Waals surface area contributed by atoms with Crippen molar-refractivity contribution in [3.8, 4) is 44.5 Å². The summed E-state index contributed by atoms with van der Waals surface area (Å²) in [6, 6.07) is 62.3. The number of furan rings is 1. The van der Waals surface area contributed by atoms with Gasteiger partial charge in [-0.05, 0) is 94.5 Å². The van der Waals surface area contributed by atoms with Crippen molar-refractivity contribution < 1.29 is 4.42 Å². The maximum atomic E-state index is 6.49. The zero-order valence-electron chi connectivity index (χ0n) is 29.1. The molecule has 1 heterocycles. The van der Waals surface area contributed by atoms with E-state index in [2.05, 4.69) is 178 Å². The van der Waals surface area contributed by atoms with Crippen molar-refractivity contribution >= 4 is 54.3 Å². The average molecular weight is 663 g/mol. The number of hydrogen-bond acceptors (Lipinski definition) is 1. The van der Waals surface area contributed by atoms with Crippen molar-refractivity contribution in [1.82, 2.24) is 0 Å². The van der Waals surface area contributed by atoms with Crippen LogP contribution in [0.4, 0.5) is 0 Å². The summed E-state index contributed by atoms with van der Waals surface area (Å²) >= 11 is 0. The Kier molecular flexibility index (Phi) is 6.08. The van der Waals surface area contributed by atoms with Crippen LogP contribution in [0.5, 0.6) is 0 Å². The van der Waals surface area contributed by atoms with Gasteiger partial charge < -0.3 is 4.42 Å². The topological polar surface area (TPSA) is 13.1 Å². The lowest BCUT2D eigenvalue weighted by Gasteiger charge is -2.23. The molecule has 0 unspecified atom stereocenters. The Labute approximate surface area is 302 Å². The maximum absolute atomic E-state index is 6.49. The predicted octanol–water partition coefficient (Wildman–Crippen LogP) is 14.4. The predicted molar refractivity (Wildman–Crippen MR) is 220 cm³/mol. The molecular formula is C51H34O. The number of benzene rings is 9. The van der Waals surface area contributed by atoms with E-state index in [1.165, 1.54) is 76.8 Å². The molecule has 0 spiro atoms. The lowest BCUT2D eigenvalue weighted by Crippen LogP contribution is -2.15. The van der Waals surface area contributed by atoms with Gasteiger partial charge >= 0.3 is 0 Å². The van der Waals surface area contributed by atoms with Gasteiger partial charge in [0.2, 0.25) is 0 Å². The van der Waals surface area contributed by atoms with E-state index in [-0.39, 0.29) is 5.41 Å². The molecule has 244 valence electrons. The van der Waals surface area contributed by atoms with Gasteiger partial charge in [0.1, 0.15) is 11.2 Å². The summed E-state index contributed by atoms with van der Waals surface area (Å²) in [5.74, 6) is 0. The van der Waals surface area contributed by atoms with E-state index in [1.807, 2.05) is 6.07 Å². The molecule has 52 heavy (non-hydrogen) atoms. The normalized spacial score (nSPS) is 13.3. The second kappa shape index (κ2) is 10.8. The molecule has 0 aliphatic heterocycles. The summed E-state index contributed by atoms with van der Waals surface area (Å²) in [4.78, 5) is 0. The second-order valence-electron chi connectivity index (χ2n) is 14.8. The zero-order valence-corrected chi connectivity index (χ0v) is 29.1. The first-order valence-corrected chi connectivity index (χ1v) is 18.2. The second-order valence-corrected chi connectivity index (χ2v) is 14.8. The van der Waals surface area contributed by atoms with E-state index < -0.39 is 0 Å². The molecule has 10 aromatic rings. The summed E-state index contributed by atoms with van der Waals surface area (Å²) in [5, 5.41) is 9.97. The lowest BCUT2D eigenvalue weighted by molar-refractivity contribution is 0.666. The van der Waals surface area contributed by atoms with E-state index in [0.29, 0.717) is 0 Å². The molecule has 1 aliphatic carbocycles. The van der Waals surface area contributed by atoms with E-state index >= 15 is 0 Å². The van der Waals surface area contributed by atoms with Crippen molar-refractivity contribution in [3.05, 3.63) is 181 Å². The van der Waals surface area contributed by atoms with Crippen LogP contribution in [0.15, 0.2) is 174 Å². The van der Waals surface area contributed by atoms with Crippen molar-refractivity contribution in [3.63, 3.8) is 0 Å². The maximum Gasteiger partial charge on any atom is 0.143 e. The molecule has 1 aromatic heterocycles. The summed E-state index contributed by atoms with van der Waals surface area (Å²) in [6.45, 7) is 4.79. The van der Waals surface area contributed by atoms with Crippen molar-refractivity contribution in [2.75, 3.05) is 0 Å². The number of hydrogen-bond donors (Lipinski definition) is 0. The van der Waals surface area contributed by atoms with E-state index in [4.69, 9.17) is 4.42 Å². The SMILES string of the molecule is CC1(C)c2cccc(-c3c4ccccc4c(-c4cccc(-c5cccc6c5oc5ccccc56)c4)c4ccccc34)c2-c2ccc3ccccc3c21. The standard InChI is InChI=1S/C51H34O/c1-51(2)44-26-13-25-42(48(44)43-29-28-31-14-3-4-17-34(31)49(43)51)47-39-21-7-5-19-37(39)46(38-20-6-8-22-40(38)47)33-16-11-15-32(30-33)35-23-12-24-41-36-18-9-10-27-45(36)52-50(35)41/h3-30H,1-2H3. The van der Waals surface area contributed by atoms with Gasteiger partial charge in [0.25, 0.3) is 0 Å². The Balaban J connectivity index is 1.18. The van der Waals surface area contributed by atoms with Crippen LogP contribution in [0.1, 0.15) is 25.0 Å². The van der Waals surface area contributed by atoms with Gasteiger partial charge in [0, 0.05) is 21.8 Å². The average Bonchev–Trinajstić information content (AvgIpc) is 3.69. The third-order valence-corrected chi connectivity index (χ3v) is 11.6. The number of para-hydroxylation sites is 2. The van der Waals surface area contributed by atoms with Gasteiger partial charge in [-0.2, -0.15) is 0 Å². The molecule has 1 heteroatoms. The first-order chi connectivity index (χ1) is 25.6. The molecule has 0 N–H and O–H groups in total. The van der Waals surface area contributed by atoms with E-state index in [9.17, 15) is 0 Å². The first kappa shape index (κ1) is 29.3. The molecule has 0 saturated carbocycles. The van der Waals surface area contributed by atoms with E-state index in [1.54, 1.807) is 0 Å². The number of fused-ring (bicyclic) bond motifs is 10. The molecule has 9 aromatic carbocycles. The van der Waals surface area contributed by atoms with Gasteiger partial charge in [-0.3, -0.25) is 0 Å². The largest absolute Gasteiger partial charge is 0.455 e. The van der Waals surface area contributed by atoms with Gasteiger partial charge in [-0.1, -0.05) is 172 Å². The first-order valence-electron chi connectivity index (χ1n) is 18.2. The van der Waals surface area contributed by atoms with Gasteiger partial charge in [-0.25, -0.2) is 0 Å². The van der Waals surface area contributed by atoms with Crippen molar-refractivity contribution in [2.24, 2.45) is 0 Å². The third kappa shape index (κ3) is 3.99. The molecule has 0 saturated heterocycles. The van der Waals surface area contributed by atoms with Crippen LogP contribution in [0.3, 0.4) is 0 Å². The van der Waals surface area contributed by atoms with E-state index in [0.717, 1.165) is 33.1 Å². The number of rotatable bonds is 3. The molecule has 11 rings (SSSR count). The van der Waals surface area contributed by atoms with Crippen LogP contribution in [0.2, 0.25) is 0 Å². The zero-order chi connectivity index (χ0) is 34.6. The highest BCUT2D eigenvalue weighted by atomic mass is 16.3. The molecule has 0 fully saturated rings. The van der Waals surface area contributed by atoms with Crippen molar-refractivity contribution in [2.45, 2.75) is 19.3 Å². The van der Waals surface area contributed by atoms with Gasteiger partial charge in [0.15, 0.2) is 0 Å². The Bertz CT molecular complexity index is 3040. The van der Waals surface area contributed by atoms with Gasteiger partial charge in [0.05, 0.1) is 0 Å². The third-order valence-electron chi connectivity index (χ3n) is 11.6. The van der Waals surface area contributed by atoms with Crippen LogP contribution < -0.4 is 0 Å². The summed E-state index contributed by atoms with van der Waals surface area (Å²) < 4.78 is 6.49. The van der Waals surface area contributed by atoms with Crippen LogP contribution in [0.25, 0.3) is 98.8 Å². The van der Waals surface area contributed by atoms with Crippen LogP contribution in [-0.2, 0) is 5.41 Å². The monoisotopic (exact) mass is 662 g/mol. The molecule has 0 atom stereocenters. The molecule has 1 aliphatic rings. The molecular weight excluding hydrogens is 629 g/mol. The molecule has 0 amide bonds. The smallest absolute Gasteiger partial charge is 0.143 e. The fourth-order valence-corrected chi connectivity index (χ4v) is 9.41. The highest BCUT2D eigenvalue weighted by Crippen LogP contribution is 2.56. The minimum Gasteiger partial charge on any atom is -0.455 e. The summed E-state index contributed by atoms with van der Waals surface area (Å²) in [6.07, 6.45) is 0. The fraction of sp³-hybridized carbons (Fsp3) is 0.0588. The Morgan fingerprint density at radius 3 is 1.73 bits per heavy atom. The Morgan fingerprint density at radius 1 is 0.385 bits per heavy atom. The Hall–Kier alpha value is -6.44. The quantitative estimate of drug-likeness (QED) is 0.172. The highest BCUT2D eigenvalue weighted by molar-refractivity contribution is 6.23. The lowest BCUT2D eigenvalue weighted by atomic mass is 9.79. The molecule has 0 bridgehead atoms. The summed E-state index contributed by atoms with van der Waals surface area (Å²) in [5.41, 5.74) is 14.5. The van der Waals surface area contributed by atoms with Crippen LogP contribution in [-0.4, -0.2) is 0 Å². The fourth-order valence-electron chi connectivity index (χ4n) is 9.41. The highest BCUT2D eigenvalue weighted by Gasteiger charge is 2.38. The van der Waals surface area contributed by atoms with Crippen LogP contribution >= 0.6 is 0 Å². The minimum atomic E-state index is -0.129. The van der Waals surface area contributed by atoms with Crippen molar-refractivity contribution in [1.29, 1.82) is 0 Å². The molecule has 0 radical (unpaired) electrons. The van der Waals surface area contributed by atoms with Crippen LogP contribution in [0, 0.1) is 0 Å².